The largest absolute Gasteiger partial charge is 0.392 e. The average molecular weight is 296 g/mol. The third kappa shape index (κ3) is 2.49. The van der Waals surface area contributed by atoms with Gasteiger partial charge in [0, 0.05) is 37.6 Å². The van der Waals surface area contributed by atoms with Gasteiger partial charge in [-0.1, -0.05) is 6.42 Å². The molecule has 0 aromatic heterocycles. The van der Waals surface area contributed by atoms with Gasteiger partial charge in [-0.25, -0.2) is 0 Å². The number of aliphatic hydroxyl groups is 1. The van der Waals surface area contributed by atoms with E-state index in [0.29, 0.717) is 6.61 Å². The second-order valence-corrected chi connectivity index (χ2v) is 6.96. The summed E-state index contributed by atoms with van der Waals surface area (Å²) >= 11 is 0. The lowest BCUT2D eigenvalue weighted by Crippen LogP contribution is -2.63. The van der Waals surface area contributed by atoms with E-state index in [1.807, 2.05) is 11.8 Å². The van der Waals surface area contributed by atoms with E-state index in [4.69, 9.17) is 10.5 Å². The molecule has 1 spiro atoms. The Bertz CT molecular complexity index is 391. The molecule has 3 aliphatic rings. The lowest BCUT2D eigenvalue weighted by molar-refractivity contribution is -0.210. The number of piperidine rings is 1. The van der Waals surface area contributed by atoms with Crippen LogP contribution >= 0.6 is 0 Å². The highest BCUT2D eigenvalue weighted by Crippen LogP contribution is 2.51. The summed E-state index contributed by atoms with van der Waals surface area (Å²) in [6, 6.07) is 0.0406. The van der Waals surface area contributed by atoms with E-state index in [2.05, 4.69) is 0 Å². The van der Waals surface area contributed by atoms with Crippen molar-refractivity contribution in [1.29, 1.82) is 0 Å². The predicted octanol–water partition coefficient (Wildman–Crippen LogP) is 0.892. The Balaban J connectivity index is 1.58. The van der Waals surface area contributed by atoms with Crippen LogP contribution in [0.3, 0.4) is 0 Å². The summed E-state index contributed by atoms with van der Waals surface area (Å²) in [5.74, 6) is 0.254. The van der Waals surface area contributed by atoms with Crippen molar-refractivity contribution < 1.29 is 14.6 Å². The topological polar surface area (TPSA) is 75.8 Å². The van der Waals surface area contributed by atoms with Crippen LogP contribution in [0.15, 0.2) is 0 Å². The standard InChI is InChI=1S/C16H28N2O3/c1-2-21-14-10-13(19)16(14)6-8-18(9-7-16)15(20)11-4-3-5-12(11)17/h11-14,19H,2-10,17H2,1H3. The van der Waals surface area contributed by atoms with E-state index >= 15 is 0 Å². The van der Waals surface area contributed by atoms with Gasteiger partial charge < -0.3 is 20.5 Å². The van der Waals surface area contributed by atoms with E-state index in [9.17, 15) is 9.90 Å². The van der Waals surface area contributed by atoms with Gasteiger partial charge in [0.15, 0.2) is 0 Å². The van der Waals surface area contributed by atoms with Crippen molar-refractivity contribution in [3.05, 3.63) is 0 Å². The minimum Gasteiger partial charge on any atom is -0.392 e. The molecular weight excluding hydrogens is 268 g/mol. The zero-order valence-corrected chi connectivity index (χ0v) is 13.0. The van der Waals surface area contributed by atoms with Crippen LogP contribution in [-0.4, -0.2) is 53.9 Å². The fourth-order valence-electron chi connectivity index (χ4n) is 4.49. The lowest BCUT2D eigenvalue weighted by Gasteiger charge is -2.56. The fraction of sp³-hybridized carbons (Fsp3) is 0.938. The Labute approximate surface area is 126 Å². The minimum atomic E-state index is -0.264. The Morgan fingerprint density at radius 2 is 2.10 bits per heavy atom. The Hall–Kier alpha value is -0.650. The maximum Gasteiger partial charge on any atom is 0.227 e. The molecule has 4 atom stereocenters. The average Bonchev–Trinajstić information content (AvgIpc) is 2.92. The van der Waals surface area contributed by atoms with Gasteiger partial charge in [-0.05, 0) is 32.6 Å². The monoisotopic (exact) mass is 296 g/mol. The number of rotatable bonds is 3. The third-order valence-electron chi connectivity index (χ3n) is 6.00. The second kappa shape index (κ2) is 5.86. The van der Waals surface area contributed by atoms with Crippen LogP contribution in [0, 0.1) is 11.3 Å². The first-order chi connectivity index (χ1) is 10.1. The second-order valence-electron chi connectivity index (χ2n) is 6.96. The summed E-state index contributed by atoms with van der Waals surface area (Å²) in [7, 11) is 0. The van der Waals surface area contributed by atoms with E-state index in [1.165, 1.54) is 0 Å². The van der Waals surface area contributed by atoms with Gasteiger partial charge in [0.2, 0.25) is 5.91 Å². The van der Waals surface area contributed by atoms with Gasteiger partial charge in [0.05, 0.1) is 18.1 Å². The van der Waals surface area contributed by atoms with Crippen molar-refractivity contribution in [2.45, 2.75) is 63.7 Å². The number of likely N-dealkylation sites (tertiary alicyclic amines) is 1. The van der Waals surface area contributed by atoms with Crippen molar-refractivity contribution in [1.82, 2.24) is 4.90 Å². The molecular formula is C16H28N2O3. The van der Waals surface area contributed by atoms with Crippen LogP contribution in [-0.2, 0) is 9.53 Å². The summed E-state index contributed by atoms with van der Waals surface area (Å²) in [5.41, 5.74) is 5.95. The molecule has 3 N–H and O–H groups in total. The molecule has 5 heteroatoms. The quantitative estimate of drug-likeness (QED) is 0.811. The number of aliphatic hydroxyl groups excluding tert-OH is 1. The van der Waals surface area contributed by atoms with Gasteiger partial charge >= 0.3 is 0 Å². The number of amides is 1. The molecule has 0 radical (unpaired) electrons. The first-order valence-electron chi connectivity index (χ1n) is 8.42. The molecule has 1 saturated heterocycles. The Morgan fingerprint density at radius 3 is 2.62 bits per heavy atom. The molecule has 3 fully saturated rings. The molecule has 5 nitrogen and oxygen atoms in total. The Kier molecular flexibility index (Phi) is 4.26. The number of hydrogen-bond acceptors (Lipinski definition) is 4. The highest BCUT2D eigenvalue weighted by molar-refractivity contribution is 5.80. The SMILES string of the molecule is CCOC1CC(O)C12CCN(C(=O)C1CCCC1N)CC2. The van der Waals surface area contributed by atoms with Gasteiger partial charge in [-0.15, -0.1) is 0 Å². The van der Waals surface area contributed by atoms with Gasteiger partial charge in [0.25, 0.3) is 0 Å². The van der Waals surface area contributed by atoms with Crippen LogP contribution in [0.1, 0.15) is 45.4 Å². The molecule has 21 heavy (non-hydrogen) atoms. The van der Waals surface area contributed by atoms with Crippen LogP contribution in [0.4, 0.5) is 0 Å². The molecule has 0 aromatic rings. The summed E-state index contributed by atoms with van der Waals surface area (Å²) in [6.07, 6.45) is 5.34. The molecule has 1 aliphatic heterocycles. The van der Waals surface area contributed by atoms with Crippen LogP contribution in [0.5, 0.6) is 0 Å². The van der Waals surface area contributed by atoms with Crippen molar-refractivity contribution in [2.75, 3.05) is 19.7 Å². The molecule has 1 heterocycles. The summed E-state index contributed by atoms with van der Waals surface area (Å²) in [5, 5.41) is 10.2. The van der Waals surface area contributed by atoms with Crippen LogP contribution in [0.25, 0.3) is 0 Å². The van der Waals surface area contributed by atoms with E-state index in [-0.39, 0.29) is 35.5 Å². The van der Waals surface area contributed by atoms with Crippen LogP contribution in [0.2, 0.25) is 0 Å². The maximum atomic E-state index is 12.6. The number of nitrogens with two attached hydrogens (primary N) is 1. The molecule has 2 aliphatic carbocycles. The zero-order chi connectivity index (χ0) is 15.0. The maximum absolute atomic E-state index is 12.6. The van der Waals surface area contributed by atoms with E-state index in [0.717, 1.165) is 51.6 Å². The smallest absolute Gasteiger partial charge is 0.227 e. The summed E-state index contributed by atoms with van der Waals surface area (Å²) in [6.45, 7) is 4.17. The normalized spacial score (nSPS) is 38.5. The Morgan fingerprint density at radius 1 is 1.38 bits per heavy atom. The number of nitrogens with zero attached hydrogens (tertiary/aromatic N) is 1. The molecule has 2 saturated carbocycles. The summed E-state index contributed by atoms with van der Waals surface area (Å²) in [4.78, 5) is 14.5. The molecule has 3 rings (SSSR count). The summed E-state index contributed by atoms with van der Waals surface area (Å²) < 4.78 is 5.77. The molecule has 0 bridgehead atoms. The van der Waals surface area contributed by atoms with Crippen molar-refractivity contribution >= 4 is 5.91 Å². The van der Waals surface area contributed by atoms with Gasteiger partial charge in [-0.2, -0.15) is 0 Å². The lowest BCUT2D eigenvalue weighted by atomic mass is 9.58. The predicted molar refractivity (Wildman–Crippen MR) is 79.6 cm³/mol. The molecule has 120 valence electrons. The number of hydrogen-bond donors (Lipinski definition) is 2. The van der Waals surface area contributed by atoms with Crippen LogP contribution < -0.4 is 5.73 Å². The van der Waals surface area contributed by atoms with Gasteiger partial charge in [0.1, 0.15) is 0 Å². The molecule has 4 unspecified atom stereocenters. The molecule has 1 amide bonds. The number of carbonyl (C=O) groups is 1. The van der Waals surface area contributed by atoms with E-state index in [1.54, 1.807) is 0 Å². The fourth-order valence-corrected chi connectivity index (χ4v) is 4.49. The highest BCUT2D eigenvalue weighted by Gasteiger charge is 2.56. The van der Waals surface area contributed by atoms with Gasteiger partial charge in [-0.3, -0.25) is 4.79 Å². The van der Waals surface area contributed by atoms with Crippen molar-refractivity contribution in [2.24, 2.45) is 17.1 Å². The minimum absolute atomic E-state index is 0.0213. The van der Waals surface area contributed by atoms with E-state index < -0.39 is 0 Å². The first-order valence-corrected chi connectivity index (χ1v) is 8.42. The van der Waals surface area contributed by atoms with Crippen molar-refractivity contribution in [3.8, 4) is 0 Å². The highest BCUT2D eigenvalue weighted by atomic mass is 16.5. The number of ether oxygens (including phenoxy) is 1. The zero-order valence-electron chi connectivity index (χ0n) is 13.0. The third-order valence-corrected chi connectivity index (χ3v) is 6.00. The molecule has 0 aromatic carbocycles. The van der Waals surface area contributed by atoms with Crippen molar-refractivity contribution in [3.63, 3.8) is 0 Å². The first kappa shape index (κ1) is 15.3. The number of carbonyl (C=O) groups excluding carboxylic acids is 1.